The predicted molar refractivity (Wildman–Crippen MR) is 229 cm³/mol. The largest absolute Gasteiger partial charge is 0.395 e. The number of nitrogens with one attached hydrogen (secondary N) is 1. The highest BCUT2D eigenvalue weighted by atomic mass is 79.9. The monoisotopic (exact) mass is 828 g/mol. The first-order chi connectivity index (χ1) is 25.6. The van der Waals surface area contributed by atoms with Crippen molar-refractivity contribution in [3.8, 4) is 0 Å². The molecule has 8 nitrogen and oxygen atoms in total. The van der Waals surface area contributed by atoms with Crippen LogP contribution in [0, 0.1) is 5.92 Å². The molecule has 0 aliphatic rings. The van der Waals surface area contributed by atoms with Crippen molar-refractivity contribution in [2.75, 3.05) is 6.61 Å². The highest BCUT2D eigenvalue weighted by Gasteiger charge is 2.39. The van der Waals surface area contributed by atoms with Crippen molar-refractivity contribution in [1.82, 2.24) is 5.32 Å². The fourth-order valence-electron chi connectivity index (χ4n) is 6.25. The standard InChI is InChI=1S/C45H81NO7.BrH/c1-6-8-10-12-14-16-18-20-22-24-26-28-30-32-34-36-40(48)52-43(50)39(38-47)42(46-45(3,4)5)44(51)53-41(49)37-35-33-31-29-27-25-23-21-19-17-15-13-11-9-7-2;/h20-23,39,42,46-47H,6-19,24-38H2,1-5H3;1H. The molecule has 2 N–H and O–H groups in total. The van der Waals surface area contributed by atoms with Crippen molar-refractivity contribution in [3.05, 3.63) is 24.3 Å². The summed E-state index contributed by atoms with van der Waals surface area (Å²) in [5.74, 6) is -4.72. The maximum absolute atomic E-state index is 13.1. The van der Waals surface area contributed by atoms with Gasteiger partial charge in [-0.1, -0.05) is 141 Å². The van der Waals surface area contributed by atoms with Gasteiger partial charge in [0.05, 0.1) is 6.61 Å². The molecule has 0 saturated carbocycles. The van der Waals surface area contributed by atoms with Crippen molar-refractivity contribution >= 4 is 40.9 Å². The van der Waals surface area contributed by atoms with Gasteiger partial charge in [0.1, 0.15) is 12.0 Å². The Kier molecular flexibility index (Phi) is 38.2. The lowest BCUT2D eigenvalue weighted by Gasteiger charge is -2.30. The predicted octanol–water partition coefficient (Wildman–Crippen LogP) is 12.1. The molecule has 0 radical (unpaired) electrons. The second kappa shape index (κ2) is 38.1. The van der Waals surface area contributed by atoms with Crippen LogP contribution in [0.5, 0.6) is 0 Å². The number of hydrogen-bond acceptors (Lipinski definition) is 8. The average molecular weight is 829 g/mol. The molecule has 2 unspecified atom stereocenters. The molecule has 0 saturated heterocycles. The van der Waals surface area contributed by atoms with E-state index in [2.05, 4.69) is 43.5 Å². The number of unbranched alkanes of at least 4 members (excludes halogenated alkanes) is 22. The molecule has 0 spiro atoms. The Morgan fingerprint density at radius 3 is 1.17 bits per heavy atom. The molecule has 0 bridgehead atoms. The van der Waals surface area contributed by atoms with E-state index >= 15 is 0 Å². The number of halogens is 1. The van der Waals surface area contributed by atoms with Crippen molar-refractivity contribution in [2.45, 2.75) is 226 Å². The van der Waals surface area contributed by atoms with E-state index in [-0.39, 0.29) is 29.8 Å². The summed E-state index contributed by atoms with van der Waals surface area (Å²) in [6.07, 6.45) is 39.0. The molecule has 0 rings (SSSR count). The van der Waals surface area contributed by atoms with Gasteiger partial charge in [0.2, 0.25) is 0 Å². The first kappa shape index (κ1) is 54.3. The summed E-state index contributed by atoms with van der Waals surface area (Å²) >= 11 is 0. The average Bonchev–Trinajstić information content (AvgIpc) is 3.10. The molecule has 0 aliphatic carbocycles. The molecule has 0 aromatic rings. The van der Waals surface area contributed by atoms with E-state index in [1.54, 1.807) is 20.8 Å². The van der Waals surface area contributed by atoms with Gasteiger partial charge in [-0.15, -0.1) is 17.0 Å². The number of ether oxygens (including phenoxy) is 2. The van der Waals surface area contributed by atoms with Crippen LogP contribution in [-0.4, -0.2) is 47.2 Å². The first-order valence-electron chi connectivity index (χ1n) is 21.7. The summed E-state index contributed by atoms with van der Waals surface area (Å²) in [6, 6.07) is -1.35. The Morgan fingerprint density at radius 1 is 0.519 bits per heavy atom. The summed E-state index contributed by atoms with van der Waals surface area (Å²) < 4.78 is 10.2. The van der Waals surface area contributed by atoms with Gasteiger partial charge in [-0.25, -0.2) is 4.79 Å². The topological polar surface area (TPSA) is 119 Å². The Labute approximate surface area is 341 Å². The summed E-state index contributed by atoms with van der Waals surface area (Å²) in [7, 11) is 0. The third kappa shape index (κ3) is 34.6. The van der Waals surface area contributed by atoms with Gasteiger partial charge >= 0.3 is 23.9 Å². The number of aliphatic hydroxyl groups excluding tert-OH is 1. The van der Waals surface area contributed by atoms with Crippen molar-refractivity contribution in [2.24, 2.45) is 5.92 Å². The number of carbonyl (C=O) groups is 4. The summed E-state index contributed by atoms with van der Waals surface area (Å²) in [6.45, 7) is 9.11. The minimum absolute atomic E-state index is 0. The molecule has 316 valence electrons. The zero-order valence-corrected chi connectivity index (χ0v) is 37.0. The molecule has 0 aromatic heterocycles. The molecule has 0 fully saturated rings. The third-order valence-corrected chi connectivity index (χ3v) is 9.46. The summed E-state index contributed by atoms with van der Waals surface area (Å²) in [5, 5.41) is 13.1. The minimum atomic E-state index is -1.40. The van der Waals surface area contributed by atoms with E-state index in [1.807, 2.05) is 0 Å². The van der Waals surface area contributed by atoms with Crippen LogP contribution in [0.2, 0.25) is 0 Å². The highest BCUT2D eigenvalue weighted by molar-refractivity contribution is 8.93. The van der Waals surface area contributed by atoms with Gasteiger partial charge in [-0.2, -0.15) is 0 Å². The number of esters is 4. The van der Waals surface area contributed by atoms with Gasteiger partial charge in [-0.3, -0.25) is 19.7 Å². The van der Waals surface area contributed by atoms with Crippen LogP contribution < -0.4 is 5.32 Å². The Hall–Kier alpha value is -1.84. The molecule has 2 atom stereocenters. The maximum atomic E-state index is 13.1. The lowest BCUT2D eigenvalue weighted by Crippen LogP contribution is -2.55. The Bertz CT molecular complexity index is 991. The second-order valence-electron chi connectivity index (χ2n) is 15.9. The quantitative estimate of drug-likeness (QED) is 0.0281. The molecule has 0 aliphatic heterocycles. The maximum Gasteiger partial charge on any atom is 0.331 e. The van der Waals surface area contributed by atoms with E-state index in [9.17, 15) is 24.3 Å². The summed E-state index contributed by atoms with van der Waals surface area (Å²) in [5.41, 5.74) is -0.655. The van der Waals surface area contributed by atoms with E-state index in [1.165, 1.54) is 77.0 Å². The van der Waals surface area contributed by atoms with Gasteiger partial charge in [0.15, 0.2) is 0 Å². The zero-order valence-electron chi connectivity index (χ0n) is 35.3. The molecule has 54 heavy (non-hydrogen) atoms. The normalized spacial score (nSPS) is 12.9. The lowest BCUT2D eigenvalue weighted by atomic mass is 9.97. The number of rotatable bonds is 35. The van der Waals surface area contributed by atoms with Gasteiger partial charge in [0, 0.05) is 18.4 Å². The molecule has 0 heterocycles. The molecule has 0 aromatic carbocycles. The molecule has 9 heteroatoms. The van der Waals surface area contributed by atoms with Crippen LogP contribution in [-0.2, 0) is 28.7 Å². The lowest BCUT2D eigenvalue weighted by molar-refractivity contribution is -0.171. The Balaban J connectivity index is 0. The van der Waals surface area contributed by atoms with Gasteiger partial charge in [0.25, 0.3) is 0 Å². The van der Waals surface area contributed by atoms with Crippen molar-refractivity contribution in [3.63, 3.8) is 0 Å². The van der Waals surface area contributed by atoms with Crippen molar-refractivity contribution in [1.29, 1.82) is 0 Å². The SMILES string of the molecule is Br.CCCCCCCCC=CCCCCCCCC(=O)OC(=O)C(CO)C(NC(C)(C)C)C(=O)OC(=O)CCCCCCCC=CCCCCCCCC. The molecule has 0 amide bonds. The van der Waals surface area contributed by atoms with Crippen LogP contribution in [0.15, 0.2) is 24.3 Å². The zero-order chi connectivity index (χ0) is 39.4. The summed E-state index contributed by atoms with van der Waals surface area (Å²) in [4.78, 5) is 51.0. The van der Waals surface area contributed by atoms with E-state index in [0.717, 1.165) is 77.0 Å². The smallest absolute Gasteiger partial charge is 0.331 e. The van der Waals surface area contributed by atoms with Crippen LogP contribution in [0.1, 0.15) is 214 Å². The highest BCUT2D eigenvalue weighted by Crippen LogP contribution is 2.17. The Morgan fingerprint density at radius 2 is 0.833 bits per heavy atom. The van der Waals surface area contributed by atoms with E-state index in [4.69, 9.17) is 9.47 Å². The number of carbonyl (C=O) groups excluding carboxylic acids is 4. The van der Waals surface area contributed by atoms with Crippen LogP contribution >= 0.6 is 17.0 Å². The fourth-order valence-corrected chi connectivity index (χ4v) is 6.25. The van der Waals surface area contributed by atoms with Crippen LogP contribution in [0.25, 0.3) is 0 Å². The van der Waals surface area contributed by atoms with E-state index < -0.39 is 48.0 Å². The first-order valence-corrected chi connectivity index (χ1v) is 21.7. The van der Waals surface area contributed by atoms with Crippen molar-refractivity contribution < 1.29 is 33.8 Å². The molecular weight excluding hydrogens is 746 g/mol. The van der Waals surface area contributed by atoms with E-state index in [0.29, 0.717) is 12.8 Å². The van der Waals surface area contributed by atoms with Crippen LogP contribution in [0.3, 0.4) is 0 Å². The minimum Gasteiger partial charge on any atom is -0.395 e. The van der Waals surface area contributed by atoms with Gasteiger partial charge in [-0.05, 0) is 85.0 Å². The number of allylic oxidation sites excluding steroid dienone is 4. The molecular formula is C45H82BrNO7. The van der Waals surface area contributed by atoms with Crippen LogP contribution in [0.4, 0.5) is 0 Å². The van der Waals surface area contributed by atoms with Gasteiger partial charge < -0.3 is 14.6 Å². The number of hydrogen-bond donors (Lipinski definition) is 2. The number of aliphatic hydroxyl groups is 1. The third-order valence-electron chi connectivity index (χ3n) is 9.46. The second-order valence-corrected chi connectivity index (χ2v) is 15.9. The fraction of sp³-hybridized carbons (Fsp3) is 0.822.